The molecular formula is C32H31N3O4. The third-order valence-corrected chi connectivity index (χ3v) is 6.59. The van der Waals surface area contributed by atoms with Gasteiger partial charge in [-0.3, -0.25) is 4.79 Å². The van der Waals surface area contributed by atoms with Crippen LogP contribution in [0.25, 0.3) is 21.7 Å². The Kier molecular flexibility index (Phi) is 8.17. The van der Waals surface area contributed by atoms with E-state index in [-0.39, 0.29) is 18.2 Å². The molecule has 0 fully saturated rings. The van der Waals surface area contributed by atoms with E-state index in [1.54, 1.807) is 4.57 Å². The van der Waals surface area contributed by atoms with E-state index in [4.69, 9.17) is 9.47 Å². The number of nitrogens with zero attached hydrogens (tertiary/aromatic N) is 3. The number of benzene rings is 4. The van der Waals surface area contributed by atoms with Gasteiger partial charge in [0.1, 0.15) is 11.5 Å². The summed E-state index contributed by atoms with van der Waals surface area (Å²) in [5, 5.41) is 21.8. The summed E-state index contributed by atoms with van der Waals surface area (Å²) in [7, 11) is 0. The van der Waals surface area contributed by atoms with Crippen molar-refractivity contribution >= 4 is 33.3 Å². The third kappa shape index (κ3) is 5.93. The molecule has 0 saturated carbocycles. The molecule has 198 valence electrons. The Morgan fingerprint density at radius 1 is 0.821 bits per heavy atom. The van der Waals surface area contributed by atoms with Crippen LogP contribution in [0.4, 0.5) is 5.69 Å². The predicted octanol–water partition coefficient (Wildman–Crippen LogP) is 7.81. The summed E-state index contributed by atoms with van der Waals surface area (Å²) in [4.78, 5) is 12.6. The molecule has 0 radical (unpaired) electrons. The molecule has 1 amide bonds. The number of hydrogen-bond donors (Lipinski definition) is 1. The lowest BCUT2D eigenvalue weighted by molar-refractivity contribution is -0.120. The number of ether oxygens (including phenoxy) is 2. The van der Waals surface area contributed by atoms with E-state index in [0.717, 1.165) is 46.9 Å². The lowest BCUT2D eigenvalue weighted by Gasteiger charge is -2.13. The first-order chi connectivity index (χ1) is 19.2. The quantitative estimate of drug-likeness (QED) is 0.142. The number of hydrogen-bond acceptors (Lipinski definition) is 5. The van der Waals surface area contributed by atoms with Gasteiger partial charge in [-0.1, -0.05) is 92.6 Å². The summed E-state index contributed by atoms with van der Waals surface area (Å²) in [6.45, 7) is 2.92. The summed E-state index contributed by atoms with van der Waals surface area (Å²) in [5.74, 6) is 0.773. The maximum atomic E-state index is 12.6. The van der Waals surface area contributed by atoms with Crippen molar-refractivity contribution in [1.29, 1.82) is 0 Å². The van der Waals surface area contributed by atoms with Crippen LogP contribution in [0.2, 0.25) is 0 Å². The highest BCUT2D eigenvalue weighted by atomic mass is 16.5. The molecule has 7 nitrogen and oxygen atoms in total. The maximum absolute atomic E-state index is 12.6. The number of aromatic hydroxyl groups is 1. The zero-order chi connectivity index (χ0) is 27.0. The molecule has 5 rings (SSSR count). The van der Waals surface area contributed by atoms with Crippen molar-refractivity contribution in [2.75, 3.05) is 13.2 Å². The van der Waals surface area contributed by atoms with Gasteiger partial charge in [-0.25, -0.2) is 0 Å². The molecule has 0 spiro atoms. The van der Waals surface area contributed by atoms with Crippen molar-refractivity contribution in [3.05, 3.63) is 96.6 Å². The van der Waals surface area contributed by atoms with Gasteiger partial charge in [0.05, 0.1) is 18.7 Å². The van der Waals surface area contributed by atoms with Gasteiger partial charge in [0.2, 0.25) is 5.88 Å². The molecule has 1 aromatic heterocycles. The van der Waals surface area contributed by atoms with E-state index in [0.29, 0.717) is 24.3 Å². The largest absolute Gasteiger partial charge is 0.493 e. The van der Waals surface area contributed by atoms with Crippen molar-refractivity contribution in [1.82, 2.24) is 4.57 Å². The smallest absolute Gasteiger partial charge is 0.302 e. The molecule has 0 bridgehead atoms. The fraction of sp³-hybridized carbons (Fsp3) is 0.219. The molecule has 1 N–H and O–H groups in total. The Morgan fingerprint density at radius 2 is 1.54 bits per heavy atom. The zero-order valence-electron chi connectivity index (χ0n) is 21.9. The SMILES string of the molecule is CCCCCOc1ccccc1Cn1c(O)c(N=NC(=O)COc2cccc3ccccc23)c2ccccc21. The highest BCUT2D eigenvalue weighted by Gasteiger charge is 2.18. The summed E-state index contributed by atoms with van der Waals surface area (Å²) in [5.41, 5.74) is 1.96. The van der Waals surface area contributed by atoms with Crippen molar-refractivity contribution in [3.8, 4) is 17.4 Å². The third-order valence-electron chi connectivity index (χ3n) is 6.59. The molecule has 7 heteroatoms. The lowest BCUT2D eigenvalue weighted by atomic mass is 10.1. The maximum Gasteiger partial charge on any atom is 0.302 e. The molecule has 0 aliphatic heterocycles. The van der Waals surface area contributed by atoms with Crippen LogP contribution in [-0.2, 0) is 11.3 Å². The summed E-state index contributed by atoms with van der Waals surface area (Å²) in [6, 6.07) is 28.8. The number of carbonyl (C=O) groups excluding carboxylic acids is 1. The first kappa shape index (κ1) is 26.0. The van der Waals surface area contributed by atoms with E-state index in [1.165, 1.54) is 0 Å². The second kappa shape index (κ2) is 12.3. The number of rotatable bonds is 11. The molecule has 39 heavy (non-hydrogen) atoms. The molecule has 0 atom stereocenters. The monoisotopic (exact) mass is 521 g/mol. The fourth-order valence-corrected chi connectivity index (χ4v) is 4.61. The summed E-state index contributed by atoms with van der Waals surface area (Å²) in [6.07, 6.45) is 3.24. The van der Waals surface area contributed by atoms with E-state index in [9.17, 15) is 9.90 Å². The molecule has 1 heterocycles. The average Bonchev–Trinajstić information content (AvgIpc) is 3.24. The highest BCUT2D eigenvalue weighted by molar-refractivity contribution is 5.95. The van der Waals surface area contributed by atoms with Crippen LogP contribution >= 0.6 is 0 Å². The van der Waals surface area contributed by atoms with Crippen molar-refractivity contribution in [3.63, 3.8) is 0 Å². The molecular weight excluding hydrogens is 490 g/mol. The standard InChI is InChI=1S/C32H31N3O4/c1-2-3-10-20-38-28-18-9-5-13-24(28)21-35-27-17-8-7-16-26(27)31(32(35)37)34-33-30(36)22-39-29-19-11-14-23-12-4-6-15-25(23)29/h4-9,11-19,37H,2-3,10,20-22H2,1H3. The fourth-order valence-electron chi connectivity index (χ4n) is 4.61. The van der Waals surface area contributed by atoms with Crippen molar-refractivity contribution < 1.29 is 19.4 Å². The van der Waals surface area contributed by atoms with Crippen LogP contribution in [-0.4, -0.2) is 28.8 Å². The molecule has 0 unspecified atom stereocenters. The van der Waals surface area contributed by atoms with E-state index in [2.05, 4.69) is 17.2 Å². The minimum Gasteiger partial charge on any atom is -0.493 e. The minimum absolute atomic E-state index is 0.0662. The predicted molar refractivity (Wildman–Crippen MR) is 153 cm³/mol. The van der Waals surface area contributed by atoms with E-state index < -0.39 is 5.91 Å². The number of amides is 1. The Hall–Kier alpha value is -4.65. The van der Waals surface area contributed by atoms with Gasteiger partial charge < -0.3 is 19.1 Å². The van der Waals surface area contributed by atoms with Crippen molar-refractivity contribution in [2.45, 2.75) is 32.7 Å². The Balaban J connectivity index is 1.35. The number of aromatic nitrogens is 1. The number of azo groups is 1. The molecule has 0 aliphatic carbocycles. The zero-order valence-corrected chi connectivity index (χ0v) is 21.9. The topological polar surface area (TPSA) is 85.4 Å². The van der Waals surface area contributed by atoms with Crippen LogP contribution in [0.5, 0.6) is 17.4 Å². The van der Waals surface area contributed by atoms with Gasteiger partial charge in [0.25, 0.3) is 0 Å². The van der Waals surface area contributed by atoms with Gasteiger partial charge in [0, 0.05) is 16.3 Å². The summed E-state index contributed by atoms with van der Waals surface area (Å²) >= 11 is 0. The van der Waals surface area contributed by atoms with Gasteiger partial charge in [0.15, 0.2) is 12.3 Å². The number of fused-ring (bicyclic) bond motifs is 2. The Labute approximate surface area is 227 Å². The lowest BCUT2D eigenvalue weighted by Crippen LogP contribution is -2.08. The van der Waals surface area contributed by atoms with Gasteiger partial charge in [-0.15, -0.1) is 10.2 Å². The van der Waals surface area contributed by atoms with Gasteiger partial charge in [-0.2, -0.15) is 0 Å². The van der Waals surface area contributed by atoms with Crippen molar-refractivity contribution in [2.24, 2.45) is 10.2 Å². The molecule has 4 aromatic carbocycles. The van der Waals surface area contributed by atoms with E-state index >= 15 is 0 Å². The van der Waals surface area contributed by atoms with Gasteiger partial charge >= 0.3 is 5.91 Å². The number of para-hydroxylation sites is 2. The van der Waals surface area contributed by atoms with Crippen LogP contribution < -0.4 is 9.47 Å². The van der Waals surface area contributed by atoms with Crippen LogP contribution in [0.3, 0.4) is 0 Å². The van der Waals surface area contributed by atoms with E-state index in [1.807, 2.05) is 91.0 Å². The Morgan fingerprint density at radius 3 is 2.41 bits per heavy atom. The number of unbranched alkanes of at least 4 members (excludes halogenated alkanes) is 2. The highest BCUT2D eigenvalue weighted by Crippen LogP contribution is 2.40. The average molecular weight is 522 g/mol. The first-order valence-corrected chi connectivity index (χ1v) is 13.2. The van der Waals surface area contributed by atoms with Crippen LogP contribution in [0.15, 0.2) is 101 Å². The normalized spacial score (nSPS) is 11.4. The minimum atomic E-state index is -0.551. The molecule has 0 aliphatic rings. The second-order valence-electron chi connectivity index (χ2n) is 9.30. The molecule has 5 aromatic rings. The number of carbonyl (C=O) groups is 1. The first-order valence-electron chi connectivity index (χ1n) is 13.2. The molecule has 0 saturated heterocycles. The second-order valence-corrected chi connectivity index (χ2v) is 9.30. The Bertz CT molecular complexity index is 1620. The van der Waals surface area contributed by atoms with Crippen LogP contribution in [0.1, 0.15) is 31.7 Å². The van der Waals surface area contributed by atoms with Gasteiger partial charge in [-0.05, 0) is 30.0 Å². The summed E-state index contributed by atoms with van der Waals surface area (Å²) < 4.78 is 13.5. The van der Waals surface area contributed by atoms with Crippen LogP contribution in [0, 0.1) is 0 Å².